The Morgan fingerprint density at radius 3 is 1.03 bits per heavy atom. The van der Waals surface area contributed by atoms with E-state index in [1.807, 2.05) is 103 Å². The molecule has 0 saturated carbocycles. The van der Waals surface area contributed by atoms with Gasteiger partial charge in [-0.15, -0.1) is 0 Å². The van der Waals surface area contributed by atoms with Crippen LogP contribution in [-0.4, -0.2) is 10.2 Å². The molecule has 0 bridgehead atoms. The molecule has 2 nitrogen and oxygen atoms in total. The van der Waals surface area contributed by atoms with Gasteiger partial charge in [0, 0.05) is 10.8 Å². The molecule has 0 saturated heterocycles. The molecule has 5 aromatic carbocycles. The Morgan fingerprint density at radius 1 is 0.395 bits per heavy atom. The lowest BCUT2D eigenvalue weighted by Gasteiger charge is -2.39. The van der Waals surface area contributed by atoms with E-state index in [-0.39, 0.29) is 0 Å². The van der Waals surface area contributed by atoms with Crippen LogP contribution in [0.3, 0.4) is 0 Å². The lowest BCUT2D eigenvalue weighted by molar-refractivity contribution is 0.108. The summed E-state index contributed by atoms with van der Waals surface area (Å²) in [7, 11) is 0. The van der Waals surface area contributed by atoms with Crippen LogP contribution in [0.25, 0.3) is 0 Å². The lowest BCUT2D eigenvalue weighted by atomic mass is 9.66. The van der Waals surface area contributed by atoms with Crippen LogP contribution in [-0.2, 0) is 10.8 Å². The number of aliphatic hydroxyl groups excluding tert-OH is 2. The molecule has 0 heterocycles. The Morgan fingerprint density at radius 2 is 0.684 bits per heavy atom. The summed E-state index contributed by atoms with van der Waals surface area (Å²) in [5.74, 6) is 0. The Hall–Kier alpha value is -3.98. The minimum atomic E-state index is -0.775. The van der Waals surface area contributed by atoms with Crippen LogP contribution in [0.2, 0.25) is 0 Å². The van der Waals surface area contributed by atoms with Gasteiger partial charge in [0.05, 0.1) is 12.2 Å². The average molecular weight is 499 g/mol. The van der Waals surface area contributed by atoms with Crippen LogP contribution in [0.4, 0.5) is 0 Å². The van der Waals surface area contributed by atoms with Crippen LogP contribution in [0, 0.1) is 0 Å². The predicted molar refractivity (Wildman–Crippen MR) is 155 cm³/mol. The van der Waals surface area contributed by atoms with Crippen LogP contribution < -0.4 is 0 Å². The standard InChI is InChI=1S/C36H34O2/c1-35(29-20-11-5-12-21-29,33(37)27-16-7-3-8-17-27)31-24-15-25-32(26-31)36(2,30-22-13-6-14-23-30)34(38)28-18-9-4-10-19-28/h3-26,33-34,37-38H,1-2H3. The predicted octanol–water partition coefficient (Wildman–Crippen LogP) is 7.77. The summed E-state index contributed by atoms with van der Waals surface area (Å²) in [6, 6.07) is 48.4. The minimum absolute atomic E-state index is 0.728. The lowest BCUT2D eigenvalue weighted by Crippen LogP contribution is -2.35. The number of benzene rings is 5. The smallest absolute Gasteiger partial charge is 0.0924 e. The zero-order chi connectivity index (χ0) is 26.6. The van der Waals surface area contributed by atoms with Crippen molar-refractivity contribution in [2.45, 2.75) is 36.9 Å². The average Bonchev–Trinajstić information content (AvgIpc) is 3.01. The van der Waals surface area contributed by atoms with E-state index in [9.17, 15) is 10.2 Å². The third-order valence-corrected chi connectivity index (χ3v) is 8.13. The molecule has 2 N–H and O–H groups in total. The van der Waals surface area contributed by atoms with Crippen molar-refractivity contribution in [1.82, 2.24) is 0 Å². The van der Waals surface area contributed by atoms with Crippen molar-refractivity contribution in [1.29, 1.82) is 0 Å². The normalized spacial score (nSPS) is 16.1. The number of aliphatic hydroxyl groups is 2. The largest absolute Gasteiger partial charge is 0.387 e. The Bertz CT molecular complexity index is 1340. The maximum absolute atomic E-state index is 11.9. The molecular weight excluding hydrogens is 464 g/mol. The topological polar surface area (TPSA) is 40.5 Å². The van der Waals surface area contributed by atoms with E-state index in [4.69, 9.17) is 0 Å². The number of hydrogen-bond donors (Lipinski definition) is 2. The molecule has 4 atom stereocenters. The maximum Gasteiger partial charge on any atom is 0.0924 e. The van der Waals surface area contributed by atoms with Gasteiger partial charge in [0.1, 0.15) is 0 Å². The summed E-state index contributed by atoms with van der Waals surface area (Å²) in [6.45, 7) is 4.21. The molecule has 0 fully saturated rings. The first-order valence-corrected chi connectivity index (χ1v) is 13.1. The fourth-order valence-electron chi connectivity index (χ4n) is 5.64. The first-order chi connectivity index (χ1) is 18.5. The molecule has 0 radical (unpaired) electrons. The van der Waals surface area contributed by atoms with Gasteiger partial charge < -0.3 is 10.2 Å². The maximum atomic E-state index is 11.9. The first-order valence-electron chi connectivity index (χ1n) is 13.1. The third kappa shape index (κ3) is 4.58. The van der Waals surface area contributed by atoms with Crippen molar-refractivity contribution in [3.05, 3.63) is 179 Å². The summed E-state index contributed by atoms with van der Waals surface area (Å²) in [6.07, 6.45) is -1.55. The highest BCUT2D eigenvalue weighted by Crippen LogP contribution is 2.47. The number of rotatable bonds is 8. The van der Waals surface area contributed by atoms with E-state index in [1.165, 1.54) is 0 Å². The van der Waals surface area contributed by atoms with Gasteiger partial charge >= 0.3 is 0 Å². The molecule has 2 heteroatoms. The molecule has 0 aromatic heterocycles. The Kier molecular flexibility index (Phi) is 7.28. The van der Waals surface area contributed by atoms with Gasteiger partial charge in [-0.25, -0.2) is 0 Å². The van der Waals surface area contributed by atoms with Crippen LogP contribution in [0.15, 0.2) is 146 Å². The Balaban J connectivity index is 1.70. The number of hydrogen-bond acceptors (Lipinski definition) is 2. The van der Waals surface area contributed by atoms with Gasteiger partial charge in [0.2, 0.25) is 0 Å². The van der Waals surface area contributed by atoms with Gasteiger partial charge in [-0.3, -0.25) is 0 Å². The highest BCUT2D eigenvalue weighted by atomic mass is 16.3. The SMILES string of the molecule is CC(c1ccccc1)(c1cccc(C(C)(c2ccccc2)C(O)c2ccccc2)c1)C(O)c1ccccc1. The fraction of sp³-hybridized carbons (Fsp3) is 0.167. The molecule has 0 aliphatic carbocycles. The molecule has 5 rings (SSSR count). The van der Waals surface area contributed by atoms with Crippen molar-refractivity contribution in [2.75, 3.05) is 0 Å². The minimum Gasteiger partial charge on any atom is -0.387 e. The van der Waals surface area contributed by atoms with Gasteiger partial charge in [-0.2, -0.15) is 0 Å². The molecule has 0 spiro atoms. The van der Waals surface area contributed by atoms with Crippen LogP contribution in [0.5, 0.6) is 0 Å². The van der Waals surface area contributed by atoms with Crippen molar-refractivity contribution in [3.8, 4) is 0 Å². The zero-order valence-corrected chi connectivity index (χ0v) is 21.9. The summed E-state index contributed by atoms with van der Waals surface area (Å²) in [5.41, 5.74) is 4.29. The molecule has 0 amide bonds. The van der Waals surface area contributed by atoms with Crippen molar-refractivity contribution in [2.24, 2.45) is 0 Å². The molecule has 38 heavy (non-hydrogen) atoms. The van der Waals surface area contributed by atoms with Crippen LogP contribution >= 0.6 is 0 Å². The molecule has 4 unspecified atom stereocenters. The van der Waals surface area contributed by atoms with Gasteiger partial charge in [-0.1, -0.05) is 146 Å². The highest BCUT2D eigenvalue weighted by Gasteiger charge is 2.41. The monoisotopic (exact) mass is 498 g/mol. The highest BCUT2D eigenvalue weighted by molar-refractivity contribution is 5.49. The molecule has 190 valence electrons. The van der Waals surface area contributed by atoms with E-state index in [1.54, 1.807) is 0 Å². The molecule has 0 aliphatic heterocycles. The van der Waals surface area contributed by atoms with Crippen molar-refractivity contribution < 1.29 is 10.2 Å². The molecule has 5 aromatic rings. The first kappa shape index (κ1) is 25.7. The summed E-state index contributed by atoms with van der Waals surface area (Å²) in [4.78, 5) is 0. The van der Waals surface area contributed by atoms with Gasteiger partial charge in [-0.05, 0) is 47.2 Å². The second-order valence-corrected chi connectivity index (χ2v) is 10.3. The van der Waals surface area contributed by atoms with E-state index in [2.05, 4.69) is 56.3 Å². The van der Waals surface area contributed by atoms with E-state index in [0.717, 1.165) is 33.4 Å². The summed E-state index contributed by atoms with van der Waals surface area (Å²) >= 11 is 0. The van der Waals surface area contributed by atoms with Crippen LogP contribution in [0.1, 0.15) is 59.4 Å². The zero-order valence-electron chi connectivity index (χ0n) is 21.9. The van der Waals surface area contributed by atoms with Gasteiger partial charge in [0.25, 0.3) is 0 Å². The Labute approximate surface area is 225 Å². The quantitative estimate of drug-likeness (QED) is 0.229. The second kappa shape index (κ2) is 10.8. The third-order valence-electron chi connectivity index (χ3n) is 8.13. The van der Waals surface area contributed by atoms with E-state index >= 15 is 0 Å². The summed E-state index contributed by atoms with van der Waals surface area (Å²) in [5, 5.41) is 23.8. The second-order valence-electron chi connectivity index (χ2n) is 10.3. The van der Waals surface area contributed by atoms with E-state index < -0.39 is 23.0 Å². The molecular formula is C36H34O2. The van der Waals surface area contributed by atoms with Crippen molar-refractivity contribution in [3.63, 3.8) is 0 Å². The van der Waals surface area contributed by atoms with Crippen molar-refractivity contribution >= 4 is 0 Å². The van der Waals surface area contributed by atoms with Gasteiger partial charge in [0.15, 0.2) is 0 Å². The summed E-state index contributed by atoms with van der Waals surface area (Å²) < 4.78 is 0. The van der Waals surface area contributed by atoms with E-state index in [0.29, 0.717) is 0 Å². The fourth-order valence-corrected chi connectivity index (χ4v) is 5.64. The molecule has 0 aliphatic rings.